The molecule has 1 amide bonds. The fourth-order valence-corrected chi connectivity index (χ4v) is 1.48. The Bertz CT molecular complexity index is 408. The molecule has 0 saturated heterocycles. The Kier molecular flexibility index (Phi) is 6.38. The summed E-state index contributed by atoms with van der Waals surface area (Å²) >= 11 is 0. The third kappa shape index (κ3) is 5.87. The summed E-state index contributed by atoms with van der Waals surface area (Å²) in [5.74, 6) is -1.10. The van der Waals surface area contributed by atoms with Gasteiger partial charge >= 0.3 is 12.1 Å². The number of carboxylic acid groups (broad SMARTS) is 1. The summed E-state index contributed by atoms with van der Waals surface area (Å²) in [6.45, 7) is 0.597. The van der Waals surface area contributed by atoms with E-state index in [2.05, 4.69) is 5.32 Å². The van der Waals surface area contributed by atoms with Crippen molar-refractivity contribution in [2.24, 2.45) is 5.73 Å². The van der Waals surface area contributed by atoms with E-state index in [0.29, 0.717) is 13.0 Å². The van der Waals surface area contributed by atoms with Gasteiger partial charge in [-0.1, -0.05) is 30.3 Å². The molecule has 0 radical (unpaired) electrons. The number of aliphatic carboxylic acids is 1. The maximum Gasteiger partial charge on any atom is 0.407 e. The lowest BCUT2D eigenvalue weighted by Crippen LogP contribution is -2.42. The molecule has 0 fully saturated rings. The molecule has 0 aliphatic rings. The van der Waals surface area contributed by atoms with E-state index in [9.17, 15) is 9.59 Å². The molecule has 1 aromatic carbocycles. The molecule has 0 aromatic heterocycles. The van der Waals surface area contributed by atoms with Crippen LogP contribution in [0.5, 0.6) is 0 Å². The molecule has 6 nitrogen and oxygen atoms in total. The first-order valence-electron chi connectivity index (χ1n) is 6.03. The minimum atomic E-state index is -1.10. The number of carbonyl (C=O) groups excluding carboxylic acids is 1. The van der Waals surface area contributed by atoms with Crippen LogP contribution in [0.15, 0.2) is 30.3 Å². The normalized spacial score (nSPS) is 11.6. The number of alkyl carbamates (subject to hydrolysis) is 1. The smallest absolute Gasteiger partial charge is 0.407 e. The van der Waals surface area contributed by atoms with Gasteiger partial charge < -0.3 is 20.9 Å². The van der Waals surface area contributed by atoms with Crippen LogP contribution >= 0.6 is 0 Å². The molecule has 1 atom stereocenters. The van der Waals surface area contributed by atoms with Gasteiger partial charge in [0.1, 0.15) is 6.04 Å². The van der Waals surface area contributed by atoms with Crippen molar-refractivity contribution in [1.29, 1.82) is 0 Å². The number of ether oxygens (including phenoxy) is 1. The lowest BCUT2D eigenvalue weighted by molar-refractivity contribution is -0.139. The lowest BCUT2D eigenvalue weighted by atomic mass is 10.1. The molecule has 104 valence electrons. The summed E-state index contributed by atoms with van der Waals surface area (Å²) in [5.41, 5.74) is 6.09. The van der Waals surface area contributed by atoms with Crippen LogP contribution in [0.4, 0.5) is 4.79 Å². The summed E-state index contributed by atoms with van der Waals surface area (Å²) in [4.78, 5) is 22.5. The van der Waals surface area contributed by atoms with Gasteiger partial charge in [0.25, 0.3) is 0 Å². The molecule has 1 aromatic rings. The molecule has 0 unspecified atom stereocenters. The van der Waals surface area contributed by atoms with E-state index < -0.39 is 18.1 Å². The van der Waals surface area contributed by atoms with Crippen LogP contribution in [-0.2, 0) is 16.0 Å². The van der Waals surface area contributed by atoms with Crippen LogP contribution in [0.2, 0.25) is 0 Å². The average molecular weight is 266 g/mol. The Morgan fingerprint density at radius 1 is 1.32 bits per heavy atom. The van der Waals surface area contributed by atoms with Crippen LogP contribution in [0.1, 0.15) is 12.0 Å². The van der Waals surface area contributed by atoms with E-state index in [1.807, 2.05) is 18.2 Å². The van der Waals surface area contributed by atoms with Crippen LogP contribution < -0.4 is 11.1 Å². The molecule has 0 bridgehead atoms. The van der Waals surface area contributed by atoms with Crippen molar-refractivity contribution >= 4 is 12.1 Å². The molecule has 19 heavy (non-hydrogen) atoms. The highest BCUT2D eigenvalue weighted by Crippen LogP contribution is 2.03. The first-order valence-corrected chi connectivity index (χ1v) is 6.03. The topological polar surface area (TPSA) is 102 Å². The molecule has 0 heterocycles. The van der Waals surface area contributed by atoms with Gasteiger partial charge in [-0.25, -0.2) is 9.59 Å². The zero-order chi connectivity index (χ0) is 14.1. The highest BCUT2D eigenvalue weighted by molar-refractivity contribution is 5.80. The molecule has 0 aliphatic heterocycles. The number of amides is 1. The van der Waals surface area contributed by atoms with Crippen LogP contribution in [0, 0.1) is 0 Å². The Balaban J connectivity index is 2.49. The molecule has 0 aliphatic carbocycles. The highest BCUT2D eigenvalue weighted by atomic mass is 16.5. The summed E-state index contributed by atoms with van der Waals surface area (Å²) < 4.78 is 4.81. The van der Waals surface area contributed by atoms with Gasteiger partial charge in [0, 0.05) is 6.42 Å². The summed E-state index contributed by atoms with van der Waals surface area (Å²) in [6.07, 6.45) is 0.0169. The molecule has 1 rings (SSSR count). The monoisotopic (exact) mass is 266 g/mol. The van der Waals surface area contributed by atoms with Crippen molar-refractivity contribution in [2.45, 2.75) is 18.9 Å². The Labute approximate surface area is 111 Å². The number of nitrogens with two attached hydrogens (primary N) is 1. The number of hydrogen-bond acceptors (Lipinski definition) is 4. The third-order valence-electron chi connectivity index (χ3n) is 2.45. The van der Waals surface area contributed by atoms with Gasteiger partial charge in [-0.3, -0.25) is 0 Å². The van der Waals surface area contributed by atoms with Crippen molar-refractivity contribution in [3.05, 3.63) is 35.9 Å². The molecule has 6 heteroatoms. The van der Waals surface area contributed by atoms with Crippen molar-refractivity contribution < 1.29 is 19.4 Å². The third-order valence-corrected chi connectivity index (χ3v) is 2.45. The van der Waals surface area contributed by atoms with Gasteiger partial charge in [0.2, 0.25) is 0 Å². The second-order valence-electron chi connectivity index (χ2n) is 4.00. The fourth-order valence-electron chi connectivity index (χ4n) is 1.48. The van der Waals surface area contributed by atoms with E-state index in [1.54, 1.807) is 12.1 Å². The molecule has 0 saturated carbocycles. The SMILES string of the molecule is NCCCOC(=O)N[C@@H](Cc1ccccc1)C(=O)O. The first-order chi connectivity index (χ1) is 9.13. The average Bonchev–Trinajstić information content (AvgIpc) is 2.39. The number of hydrogen-bond donors (Lipinski definition) is 3. The zero-order valence-electron chi connectivity index (χ0n) is 10.5. The van der Waals surface area contributed by atoms with Crippen molar-refractivity contribution in [3.63, 3.8) is 0 Å². The molecule has 0 spiro atoms. The van der Waals surface area contributed by atoms with Crippen molar-refractivity contribution in [1.82, 2.24) is 5.32 Å². The molecular weight excluding hydrogens is 248 g/mol. The molecule has 4 N–H and O–H groups in total. The lowest BCUT2D eigenvalue weighted by Gasteiger charge is -2.14. The van der Waals surface area contributed by atoms with Gasteiger partial charge in [-0.05, 0) is 18.5 Å². The van der Waals surface area contributed by atoms with Gasteiger partial charge in [0.15, 0.2) is 0 Å². The minimum absolute atomic E-state index is 0.181. The largest absolute Gasteiger partial charge is 0.480 e. The van der Waals surface area contributed by atoms with Gasteiger partial charge in [-0.2, -0.15) is 0 Å². The number of benzene rings is 1. The number of carbonyl (C=O) groups is 2. The number of carboxylic acids is 1. The maximum atomic E-state index is 11.4. The van der Waals surface area contributed by atoms with Crippen LogP contribution in [-0.4, -0.2) is 36.4 Å². The predicted molar refractivity (Wildman–Crippen MR) is 69.7 cm³/mol. The van der Waals surface area contributed by atoms with E-state index in [4.69, 9.17) is 15.6 Å². The van der Waals surface area contributed by atoms with Gasteiger partial charge in [-0.15, -0.1) is 0 Å². The highest BCUT2D eigenvalue weighted by Gasteiger charge is 2.20. The standard InChI is InChI=1S/C13H18N2O4/c14-7-4-8-19-13(18)15-11(12(16)17)9-10-5-2-1-3-6-10/h1-3,5-6,11H,4,7-9,14H2,(H,15,18)(H,16,17)/t11-/m0/s1. The van der Waals surface area contributed by atoms with Crippen molar-refractivity contribution in [2.75, 3.05) is 13.2 Å². The summed E-state index contributed by atoms with van der Waals surface area (Å²) in [6, 6.07) is 8.07. The maximum absolute atomic E-state index is 11.4. The van der Waals surface area contributed by atoms with E-state index in [1.165, 1.54) is 0 Å². The van der Waals surface area contributed by atoms with E-state index >= 15 is 0 Å². The Hall–Kier alpha value is -2.08. The summed E-state index contributed by atoms with van der Waals surface area (Å²) in [7, 11) is 0. The number of nitrogens with one attached hydrogen (secondary N) is 1. The van der Waals surface area contributed by atoms with Crippen LogP contribution in [0.3, 0.4) is 0 Å². The van der Waals surface area contributed by atoms with E-state index in [0.717, 1.165) is 5.56 Å². The second-order valence-corrected chi connectivity index (χ2v) is 4.00. The summed E-state index contributed by atoms with van der Waals surface area (Å²) in [5, 5.41) is 11.4. The van der Waals surface area contributed by atoms with Crippen LogP contribution in [0.25, 0.3) is 0 Å². The van der Waals surface area contributed by atoms with Gasteiger partial charge in [0.05, 0.1) is 6.61 Å². The number of rotatable bonds is 7. The first kappa shape index (κ1) is 15.0. The van der Waals surface area contributed by atoms with E-state index in [-0.39, 0.29) is 13.0 Å². The fraction of sp³-hybridized carbons (Fsp3) is 0.385. The molecular formula is C13H18N2O4. The Morgan fingerprint density at radius 3 is 2.58 bits per heavy atom. The predicted octanol–water partition coefficient (Wildman–Crippen LogP) is 0.757. The Morgan fingerprint density at radius 2 is 2.00 bits per heavy atom. The van der Waals surface area contributed by atoms with Crippen molar-refractivity contribution in [3.8, 4) is 0 Å². The second kappa shape index (κ2) is 8.10. The minimum Gasteiger partial charge on any atom is -0.480 e. The quantitative estimate of drug-likeness (QED) is 0.632. The zero-order valence-corrected chi connectivity index (χ0v) is 10.5.